The van der Waals surface area contributed by atoms with Crippen molar-refractivity contribution in [2.24, 2.45) is 0 Å². The number of carbonyl (C=O) groups is 3. The number of hydrogen-bond donors (Lipinski definition) is 1. The Morgan fingerprint density at radius 2 is 2.00 bits per heavy atom. The van der Waals surface area contributed by atoms with Crippen LogP contribution in [0.25, 0.3) is 0 Å². The van der Waals surface area contributed by atoms with Gasteiger partial charge in [-0.05, 0) is 43.9 Å². The molecular weight excluding hydrogens is 344 g/mol. The van der Waals surface area contributed by atoms with E-state index >= 15 is 0 Å². The summed E-state index contributed by atoms with van der Waals surface area (Å²) in [7, 11) is 0. The maximum atomic E-state index is 12.8. The van der Waals surface area contributed by atoms with E-state index in [-0.39, 0.29) is 24.4 Å². The number of carboxylic acids is 1. The number of carboxylic acid groups (broad SMARTS) is 1. The molecule has 7 heteroatoms. The molecule has 1 aliphatic heterocycles. The van der Waals surface area contributed by atoms with Gasteiger partial charge in [-0.25, -0.2) is 0 Å². The lowest BCUT2D eigenvalue weighted by molar-refractivity contribution is -0.145. The van der Waals surface area contributed by atoms with Gasteiger partial charge in [-0.15, -0.1) is 0 Å². The molecule has 0 saturated carbocycles. The fraction of sp³-hybridized carbons (Fsp3) is 0.500. The predicted octanol–water partition coefficient (Wildman–Crippen LogP) is 2.58. The highest BCUT2D eigenvalue weighted by molar-refractivity contribution is 6.31. The zero-order valence-corrected chi connectivity index (χ0v) is 15.3. The summed E-state index contributed by atoms with van der Waals surface area (Å²) in [6, 6.07) is 5.09. The van der Waals surface area contributed by atoms with Gasteiger partial charge in [0.25, 0.3) is 5.91 Å². The average molecular weight is 367 g/mol. The zero-order chi connectivity index (χ0) is 18.6. The van der Waals surface area contributed by atoms with Gasteiger partial charge in [-0.2, -0.15) is 0 Å². The van der Waals surface area contributed by atoms with E-state index in [1.807, 2.05) is 13.0 Å². The molecule has 2 rings (SSSR count). The van der Waals surface area contributed by atoms with Crippen LogP contribution in [0.5, 0.6) is 0 Å². The van der Waals surface area contributed by atoms with Crippen molar-refractivity contribution in [3.05, 3.63) is 34.3 Å². The van der Waals surface area contributed by atoms with Gasteiger partial charge in [0.05, 0.1) is 0 Å². The Hall–Kier alpha value is -2.08. The highest BCUT2D eigenvalue weighted by atomic mass is 35.5. The van der Waals surface area contributed by atoms with E-state index in [1.165, 1.54) is 11.8 Å². The molecule has 0 bridgehead atoms. The number of halogens is 1. The van der Waals surface area contributed by atoms with Gasteiger partial charge in [-0.1, -0.05) is 17.7 Å². The molecule has 1 aliphatic rings. The van der Waals surface area contributed by atoms with Gasteiger partial charge in [0, 0.05) is 36.6 Å². The molecule has 1 unspecified atom stereocenters. The first-order valence-corrected chi connectivity index (χ1v) is 8.72. The molecule has 0 aliphatic carbocycles. The topological polar surface area (TPSA) is 77.9 Å². The Labute approximate surface area is 152 Å². The number of carbonyl (C=O) groups excluding carboxylic acids is 2. The van der Waals surface area contributed by atoms with Crippen LogP contribution < -0.4 is 0 Å². The van der Waals surface area contributed by atoms with Gasteiger partial charge >= 0.3 is 5.97 Å². The summed E-state index contributed by atoms with van der Waals surface area (Å²) in [5.41, 5.74) is 1.45. The van der Waals surface area contributed by atoms with E-state index in [0.29, 0.717) is 36.5 Å². The lowest BCUT2D eigenvalue weighted by Gasteiger charge is -2.29. The predicted molar refractivity (Wildman–Crippen MR) is 94.8 cm³/mol. The highest BCUT2D eigenvalue weighted by Crippen LogP contribution is 2.21. The number of nitrogens with zero attached hydrogens (tertiary/aromatic N) is 2. The molecule has 136 valence electrons. The van der Waals surface area contributed by atoms with Gasteiger partial charge in [-0.3, -0.25) is 14.4 Å². The third kappa shape index (κ3) is 4.95. The first kappa shape index (κ1) is 19.2. The van der Waals surface area contributed by atoms with Crippen LogP contribution in [0.15, 0.2) is 18.2 Å². The molecule has 0 spiro atoms. The SMILES string of the molecule is CC(=O)N(CC(=O)O)C1CCCN(C(=O)c2cc(Cl)ccc2C)CC1. The smallest absolute Gasteiger partial charge is 0.323 e. The summed E-state index contributed by atoms with van der Waals surface area (Å²) >= 11 is 6.01. The summed E-state index contributed by atoms with van der Waals surface area (Å²) < 4.78 is 0. The molecule has 1 atom stereocenters. The Kier molecular flexibility index (Phi) is 6.42. The van der Waals surface area contributed by atoms with Gasteiger partial charge < -0.3 is 14.9 Å². The number of amides is 2. The second-order valence-corrected chi connectivity index (χ2v) is 6.81. The number of aliphatic carboxylic acids is 1. The quantitative estimate of drug-likeness (QED) is 0.888. The molecular formula is C18H23ClN2O4. The summed E-state index contributed by atoms with van der Waals surface area (Å²) in [6.07, 6.45) is 1.98. The lowest BCUT2D eigenvalue weighted by Crippen LogP contribution is -2.43. The lowest BCUT2D eigenvalue weighted by atomic mass is 10.1. The van der Waals surface area contributed by atoms with Crippen molar-refractivity contribution >= 4 is 29.4 Å². The summed E-state index contributed by atoms with van der Waals surface area (Å²) in [5, 5.41) is 9.53. The zero-order valence-electron chi connectivity index (χ0n) is 14.5. The van der Waals surface area contributed by atoms with Crippen molar-refractivity contribution in [3.63, 3.8) is 0 Å². The van der Waals surface area contributed by atoms with Crippen LogP contribution in [-0.4, -0.2) is 58.4 Å². The minimum absolute atomic E-state index is 0.0757. The van der Waals surface area contributed by atoms with Gasteiger partial charge in [0.1, 0.15) is 6.54 Å². The van der Waals surface area contributed by atoms with Crippen molar-refractivity contribution in [1.29, 1.82) is 0 Å². The van der Waals surface area contributed by atoms with Crippen LogP contribution >= 0.6 is 11.6 Å². The van der Waals surface area contributed by atoms with Crippen molar-refractivity contribution < 1.29 is 19.5 Å². The molecule has 1 fully saturated rings. The molecule has 0 aromatic heterocycles. The number of benzene rings is 1. The average Bonchev–Trinajstić information content (AvgIpc) is 2.79. The number of likely N-dealkylation sites (tertiary alicyclic amines) is 1. The molecule has 1 aromatic carbocycles. The van der Waals surface area contributed by atoms with Crippen LogP contribution in [0.4, 0.5) is 0 Å². The largest absolute Gasteiger partial charge is 0.480 e. The first-order chi connectivity index (χ1) is 11.8. The van der Waals surface area contributed by atoms with Crippen LogP contribution in [-0.2, 0) is 9.59 Å². The van der Waals surface area contributed by atoms with Gasteiger partial charge in [0.15, 0.2) is 0 Å². The highest BCUT2D eigenvalue weighted by Gasteiger charge is 2.28. The molecule has 1 heterocycles. The minimum Gasteiger partial charge on any atom is -0.480 e. The summed E-state index contributed by atoms with van der Waals surface area (Å²) in [6.45, 7) is 4.01. The maximum absolute atomic E-state index is 12.8. The molecule has 1 saturated heterocycles. The van der Waals surface area contributed by atoms with Crippen LogP contribution in [0, 0.1) is 6.92 Å². The van der Waals surface area contributed by atoms with E-state index in [1.54, 1.807) is 17.0 Å². The second-order valence-electron chi connectivity index (χ2n) is 6.38. The number of aryl methyl sites for hydroxylation is 1. The molecule has 1 N–H and O–H groups in total. The number of hydrogen-bond acceptors (Lipinski definition) is 3. The number of rotatable bonds is 4. The maximum Gasteiger partial charge on any atom is 0.323 e. The normalized spacial score (nSPS) is 17.7. The van der Waals surface area contributed by atoms with Crippen LogP contribution in [0.1, 0.15) is 42.1 Å². The van der Waals surface area contributed by atoms with Crippen molar-refractivity contribution in [1.82, 2.24) is 9.80 Å². The summed E-state index contributed by atoms with van der Waals surface area (Å²) in [5.74, 6) is -1.35. The van der Waals surface area contributed by atoms with E-state index in [4.69, 9.17) is 16.7 Å². The Balaban J connectivity index is 2.10. The molecule has 0 radical (unpaired) electrons. The second kappa shape index (κ2) is 8.34. The Morgan fingerprint density at radius 3 is 2.64 bits per heavy atom. The van der Waals surface area contributed by atoms with E-state index in [0.717, 1.165) is 12.0 Å². The first-order valence-electron chi connectivity index (χ1n) is 8.34. The van der Waals surface area contributed by atoms with E-state index in [9.17, 15) is 14.4 Å². The molecule has 2 amide bonds. The Morgan fingerprint density at radius 1 is 1.28 bits per heavy atom. The van der Waals surface area contributed by atoms with E-state index < -0.39 is 5.97 Å². The standard InChI is InChI=1S/C18H23ClN2O4/c1-12-5-6-14(19)10-16(12)18(25)20-8-3-4-15(7-9-20)21(13(2)22)11-17(23)24/h5-6,10,15H,3-4,7-9,11H2,1-2H3,(H,23,24). The molecule has 1 aromatic rings. The third-order valence-corrected chi connectivity index (χ3v) is 4.80. The van der Waals surface area contributed by atoms with Crippen LogP contribution in [0.3, 0.4) is 0 Å². The van der Waals surface area contributed by atoms with E-state index in [2.05, 4.69) is 0 Å². The van der Waals surface area contributed by atoms with Crippen LogP contribution in [0.2, 0.25) is 5.02 Å². The molecule has 25 heavy (non-hydrogen) atoms. The van der Waals surface area contributed by atoms with Gasteiger partial charge in [0.2, 0.25) is 5.91 Å². The monoisotopic (exact) mass is 366 g/mol. The van der Waals surface area contributed by atoms with Crippen molar-refractivity contribution in [3.8, 4) is 0 Å². The Bertz CT molecular complexity index is 677. The van der Waals surface area contributed by atoms with Crippen molar-refractivity contribution in [2.75, 3.05) is 19.6 Å². The fourth-order valence-corrected chi connectivity index (χ4v) is 3.40. The summed E-state index contributed by atoms with van der Waals surface area (Å²) in [4.78, 5) is 38.7. The van der Waals surface area contributed by atoms with Crippen molar-refractivity contribution in [2.45, 2.75) is 39.2 Å². The fourth-order valence-electron chi connectivity index (χ4n) is 3.23. The third-order valence-electron chi connectivity index (χ3n) is 4.57. The minimum atomic E-state index is -1.03. The molecule has 6 nitrogen and oxygen atoms in total.